The van der Waals surface area contributed by atoms with Gasteiger partial charge in [0, 0.05) is 24.6 Å². The summed E-state index contributed by atoms with van der Waals surface area (Å²) >= 11 is 0. The molecule has 9 heteroatoms. The van der Waals surface area contributed by atoms with Crippen LogP contribution in [0.5, 0.6) is 0 Å². The first-order chi connectivity index (χ1) is 16.8. The van der Waals surface area contributed by atoms with Gasteiger partial charge in [-0.1, -0.05) is 48.5 Å². The summed E-state index contributed by atoms with van der Waals surface area (Å²) in [4.78, 5) is 35.1. The van der Waals surface area contributed by atoms with Crippen LogP contribution in [-0.2, 0) is 9.53 Å². The maximum atomic E-state index is 14.4. The highest BCUT2D eigenvalue weighted by Gasteiger charge is 2.29. The van der Waals surface area contributed by atoms with Crippen molar-refractivity contribution >= 4 is 23.7 Å². The van der Waals surface area contributed by atoms with E-state index in [2.05, 4.69) is 10.6 Å². The fraction of sp³-hybridized carbons (Fsp3) is 0.192. The van der Waals surface area contributed by atoms with Crippen LogP contribution < -0.4 is 10.6 Å². The molecular formula is C26H23FN2O6. The summed E-state index contributed by atoms with van der Waals surface area (Å²) in [7, 11) is 0. The van der Waals surface area contributed by atoms with Gasteiger partial charge in [0.25, 0.3) is 5.91 Å². The van der Waals surface area contributed by atoms with Gasteiger partial charge in [-0.25, -0.2) is 14.0 Å². The number of rotatable bonds is 8. The normalized spacial score (nSPS) is 12.9. The quantitative estimate of drug-likeness (QED) is 0.391. The standard InChI is InChI=1S/C26H23FN2O6/c27-22-13-15(9-10-20(22)24(31)28-12-11-23(30)25(32)33)29-26(34)35-14-21-18-7-3-1-5-16(18)17-6-2-4-8-19(17)21/h1-10,13,21,23,30H,11-12,14H2,(H,28,31)(H,29,34)(H,32,33)/t23-/m0/s1. The third-order valence-electron chi connectivity index (χ3n) is 5.79. The van der Waals surface area contributed by atoms with Crippen molar-refractivity contribution < 1.29 is 33.7 Å². The van der Waals surface area contributed by atoms with Gasteiger partial charge < -0.3 is 20.3 Å². The summed E-state index contributed by atoms with van der Waals surface area (Å²) in [6.45, 7) is -0.0451. The lowest BCUT2D eigenvalue weighted by Crippen LogP contribution is -2.30. The molecule has 2 amide bonds. The molecule has 0 aromatic heterocycles. The van der Waals surface area contributed by atoms with Crippen LogP contribution in [0.2, 0.25) is 0 Å². The van der Waals surface area contributed by atoms with Gasteiger partial charge in [-0.05, 0) is 40.5 Å². The fourth-order valence-electron chi connectivity index (χ4n) is 4.07. The second kappa shape index (κ2) is 10.4. The largest absolute Gasteiger partial charge is 0.479 e. The molecule has 1 atom stereocenters. The maximum Gasteiger partial charge on any atom is 0.411 e. The van der Waals surface area contributed by atoms with Crippen LogP contribution in [0.15, 0.2) is 66.7 Å². The minimum atomic E-state index is -1.62. The van der Waals surface area contributed by atoms with E-state index >= 15 is 0 Å². The Morgan fingerprint density at radius 3 is 2.20 bits per heavy atom. The Morgan fingerprint density at radius 2 is 1.60 bits per heavy atom. The molecule has 0 bridgehead atoms. The highest BCUT2D eigenvalue weighted by Crippen LogP contribution is 2.44. The molecule has 0 radical (unpaired) electrons. The second-order valence-corrected chi connectivity index (χ2v) is 8.04. The first-order valence-corrected chi connectivity index (χ1v) is 11.0. The number of halogens is 1. The van der Waals surface area contributed by atoms with Gasteiger partial charge in [0.2, 0.25) is 0 Å². The lowest BCUT2D eigenvalue weighted by atomic mass is 9.98. The lowest BCUT2D eigenvalue weighted by Gasteiger charge is -2.15. The van der Waals surface area contributed by atoms with Gasteiger partial charge in [0.15, 0.2) is 6.10 Å². The van der Waals surface area contributed by atoms with E-state index in [9.17, 15) is 23.9 Å². The zero-order valence-corrected chi connectivity index (χ0v) is 18.5. The number of hydrogen-bond donors (Lipinski definition) is 4. The Labute approximate surface area is 200 Å². The van der Waals surface area contributed by atoms with E-state index in [-0.39, 0.29) is 36.7 Å². The average molecular weight is 478 g/mol. The van der Waals surface area contributed by atoms with Crippen LogP contribution in [-0.4, -0.2) is 47.4 Å². The van der Waals surface area contributed by atoms with Crippen LogP contribution in [0.1, 0.15) is 33.8 Å². The molecule has 8 nitrogen and oxygen atoms in total. The van der Waals surface area contributed by atoms with Crippen LogP contribution in [0.25, 0.3) is 11.1 Å². The molecule has 3 aromatic carbocycles. The van der Waals surface area contributed by atoms with E-state index in [0.717, 1.165) is 28.3 Å². The van der Waals surface area contributed by atoms with Crippen LogP contribution >= 0.6 is 0 Å². The number of fused-ring (bicyclic) bond motifs is 3. The summed E-state index contributed by atoms with van der Waals surface area (Å²) in [5, 5.41) is 22.6. The van der Waals surface area contributed by atoms with E-state index in [4.69, 9.17) is 9.84 Å². The van der Waals surface area contributed by atoms with E-state index in [1.54, 1.807) is 0 Å². The number of nitrogens with one attached hydrogen (secondary N) is 2. The number of anilines is 1. The number of hydrogen-bond acceptors (Lipinski definition) is 5. The minimum Gasteiger partial charge on any atom is -0.479 e. The van der Waals surface area contributed by atoms with Crippen molar-refractivity contribution in [1.29, 1.82) is 0 Å². The minimum absolute atomic E-state index is 0.102. The van der Waals surface area contributed by atoms with Gasteiger partial charge in [-0.2, -0.15) is 0 Å². The Balaban J connectivity index is 1.34. The van der Waals surface area contributed by atoms with Crippen LogP contribution in [0, 0.1) is 5.82 Å². The summed E-state index contributed by atoms with van der Waals surface area (Å²) in [6.07, 6.45) is -2.60. The molecule has 0 saturated heterocycles. The Kier molecular flexibility index (Phi) is 7.07. The molecule has 4 N–H and O–H groups in total. The molecule has 0 spiro atoms. The average Bonchev–Trinajstić information content (AvgIpc) is 3.16. The van der Waals surface area contributed by atoms with Crippen molar-refractivity contribution in [2.75, 3.05) is 18.5 Å². The lowest BCUT2D eigenvalue weighted by molar-refractivity contribution is -0.146. The fourth-order valence-corrected chi connectivity index (χ4v) is 4.07. The zero-order valence-electron chi connectivity index (χ0n) is 18.5. The number of amides is 2. The third kappa shape index (κ3) is 5.30. The molecule has 3 aromatic rings. The molecule has 1 aliphatic carbocycles. The molecule has 4 rings (SSSR count). The van der Waals surface area contributed by atoms with Crippen molar-refractivity contribution in [2.45, 2.75) is 18.4 Å². The molecule has 180 valence electrons. The summed E-state index contributed by atoms with van der Waals surface area (Å²) in [5.74, 6) is -3.17. The van der Waals surface area contributed by atoms with E-state index in [1.807, 2.05) is 48.5 Å². The maximum absolute atomic E-state index is 14.4. The van der Waals surface area contributed by atoms with Crippen LogP contribution in [0.4, 0.5) is 14.9 Å². The first kappa shape index (κ1) is 23.9. The topological polar surface area (TPSA) is 125 Å². The Morgan fingerprint density at radius 1 is 0.971 bits per heavy atom. The molecule has 1 aliphatic rings. The van der Waals surface area contributed by atoms with Gasteiger partial charge in [-0.15, -0.1) is 0 Å². The second-order valence-electron chi connectivity index (χ2n) is 8.04. The van der Waals surface area contributed by atoms with Gasteiger partial charge in [0.1, 0.15) is 12.4 Å². The molecule has 35 heavy (non-hydrogen) atoms. The number of aliphatic hydroxyl groups excluding tert-OH is 1. The van der Waals surface area contributed by atoms with E-state index in [0.29, 0.717) is 0 Å². The third-order valence-corrected chi connectivity index (χ3v) is 5.79. The van der Waals surface area contributed by atoms with Crippen molar-refractivity contribution in [3.8, 4) is 11.1 Å². The van der Waals surface area contributed by atoms with E-state index in [1.165, 1.54) is 12.1 Å². The van der Waals surface area contributed by atoms with Crippen molar-refractivity contribution in [2.24, 2.45) is 0 Å². The zero-order chi connectivity index (χ0) is 24.9. The van der Waals surface area contributed by atoms with Crippen molar-refractivity contribution in [3.05, 3.63) is 89.2 Å². The van der Waals surface area contributed by atoms with Crippen molar-refractivity contribution in [3.63, 3.8) is 0 Å². The number of carboxylic acids is 1. The number of carbonyl (C=O) groups excluding carboxylic acids is 2. The van der Waals surface area contributed by atoms with Gasteiger partial charge in [-0.3, -0.25) is 10.1 Å². The number of ether oxygens (including phenoxy) is 1. The highest BCUT2D eigenvalue weighted by molar-refractivity contribution is 5.95. The number of benzene rings is 3. The van der Waals surface area contributed by atoms with Gasteiger partial charge in [0.05, 0.1) is 5.56 Å². The summed E-state index contributed by atoms with van der Waals surface area (Å²) in [6, 6.07) is 19.4. The smallest absolute Gasteiger partial charge is 0.411 e. The molecule has 0 unspecified atom stereocenters. The van der Waals surface area contributed by atoms with Gasteiger partial charge >= 0.3 is 12.1 Å². The molecular weight excluding hydrogens is 455 g/mol. The van der Waals surface area contributed by atoms with Crippen LogP contribution in [0.3, 0.4) is 0 Å². The molecule has 0 heterocycles. The predicted octanol–water partition coefficient (Wildman–Crippen LogP) is 3.75. The number of carboxylic acid groups (broad SMARTS) is 1. The van der Waals surface area contributed by atoms with Crippen molar-refractivity contribution in [1.82, 2.24) is 5.32 Å². The monoisotopic (exact) mass is 478 g/mol. The predicted molar refractivity (Wildman–Crippen MR) is 126 cm³/mol. The SMILES string of the molecule is O=C(Nc1ccc(C(=O)NCC[C@H](O)C(=O)O)c(F)c1)OCC1c2ccccc2-c2ccccc21. The summed E-state index contributed by atoms with van der Waals surface area (Å²) in [5.41, 5.74) is 4.17. The molecule has 0 aliphatic heterocycles. The highest BCUT2D eigenvalue weighted by atomic mass is 19.1. The number of aliphatic hydroxyl groups is 1. The molecule has 0 saturated carbocycles. The Hall–Kier alpha value is -4.24. The first-order valence-electron chi connectivity index (χ1n) is 11.0. The van der Waals surface area contributed by atoms with E-state index < -0.39 is 29.9 Å². The Bertz CT molecular complexity index is 1230. The summed E-state index contributed by atoms with van der Waals surface area (Å²) < 4.78 is 19.9. The molecule has 0 fully saturated rings. The number of aliphatic carboxylic acids is 1. The number of carbonyl (C=O) groups is 3.